The first-order valence-electron chi connectivity index (χ1n) is 4.88. The summed E-state index contributed by atoms with van der Waals surface area (Å²) in [6.45, 7) is 0.483. The highest BCUT2D eigenvalue weighted by Crippen LogP contribution is 2.11. The topological polar surface area (TPSA) is 88.5 Å². The van der Waals surface area contributed by atoms with Gasteiger partial charge in [0.05, 0.1) is 12.2 Å². The lowest BCUT2D eigenvalue weighted by atomic mass is 10.2. The molecule has 0 radical (unpaired) electrons. The Labute approximate surface area is 96.1 Å². The smallest absolute Gasteiger partial charge is 0.338 e. The van der Waals surface area contributed by atoms with Crippen LogP contribution in [-0.4, -0.2) is 31.4 Å². The van der Waals surface area contributed by atoms with E-state index in [1.807, 2.05) is 0 Å². The first kappa shape index (κ1) is 11.3. The van der Waals surface area contributed by atoms with Gasteiger partial charge in [-0.05, 0) is 17.0 Å². The molecule has 0 unspecified atom stereocenters. The van der Waals surface area contributed by atoms with Gasteiger partial charge in [-0.1, -0.05) is 0 Å². The van der Waals surface area contributed by atoms with Gasteiger partial charge < -0.3 is 14.7 Å². The number of hydrogen-bond donors (Lipinski definition) is 0. The molecule has 0 aliphatic heterocycles. The molecule has 0 atom stereocenters. The van der Waals surface area contributed by atoms with Gasteiger partial charge in [-0.2, -0.15) is 0 Å². The number of esters is 1. The Hall–Kier alpha value is -2.15. The zero-order valence-electron chi connectivity index (χ0n) is 9.08. The molecule has 2 rings (SSSR count). The van der Waals surface area contributed by atoms with E-state index in [-0.39, 0.29) is 22.6 Å². The van der Waals surface area contributed by atoms with E-state index < -0.39 is 5.97 Å². The summed E-state index contributed by atoms with van der Waals surface area (Å²) in [6, 6.07) is 4.40. The third kappa shape index (κ3) is 2.34. The molecule has 0 saturated heterocycles. The average Bonchev–Trinajstić information content (AvgIpc) is 2.71. The zero-order valence-corrected chi connectivity index (χ0v) is 9.08. The highest BCUT2D eigenvalue weighted by molar-refractivity contribution is 5.92. The lowest BCUT2D eigenvalue weighted by molar-refractivity contribution is -0.782. The highest BCUT2D eigenvalue weighted by atomic mass is 16.8. The summed E-state index contributed by atoms with van der Waals surface area (Å²) >= 11 is 0. The summed E-state index contributed by atoms with van der Waals surface area (Å²) in [5.74, 6) is -0.523. The fourth-order valence-corrected chi connectivity index (χ4v) is 1.30. The molecule has 0 aliphatic rings. The van der Waals surface area contributed by atoms with Gasteiger partial charge in [0.2, 0.25) is 11.0 Å². The maximum atomic E-state index is 11.6. The molecule has 7 heteroatoms. The monoisotopic (exact) mass is 238 g/mol. The molecule has 0 saturated carbocycles. The Morgan fingerprint density at radius 1 is 1.53 bits per heavy atom. The minimum absolute atomic E-state index is 0.161. The molecule has 90 valence electrons. The molecule has 7 nitrogen and oxygen atoms in total. The Balaban J connectivity index is 2.17. The molecule has 0 N–H and O–H groups in total. The molecule has 1 aromatic carbocycles. The van der Waals surface area contributed by atoms with Crippen LogP contribution in [0.4, 0.5) is 0 Å². The molecule has 0 amide bonds. The highest BCUT2D eigenvalue weighted by Gasteiger charge is 2.14. The van der Waals surface area contributed by atoms with E-state index in [9.17, 15) is 10.0 Å². The van der Waals surface area contributed by atoms with Crippen molar-refractivity contribution < 1.29 is 23.8 Å². The van der Waals surface area contributed by atoms with Crippen molar-refractivity contribution in [2.24, 2.45) is 0 Å². The van der Waals surface area contributed by atoms with Gasteiger partial charge in [0.1, 0.15) is 6.61 Å². The van der Waals surface area contributed by atoms with Crippen molar-refractivity contribution in [1.82, 2.24) is 5.16 Å². The van der Waals surface area contributed by atoms with E-state index in [0.717, 1.165) is 0 Å². The summed E-state index contributed by atoms with van der Waals surface area (Å²) in [5.41, 5.74) is 0.834. The second-order valence-electron chi connectivity index (χ2n) is 3.26. The standard InChI is InChI=1S/C10H10N2O5/c1-15-4-5-16-10(13)7-2-3-8-9(6-7)12(14)17-11-8/h2-3,6H,4-5H2,1H3. The zero-order chi connectivity index (χ0) is 12.3. The summed E-state index contributed by atoms with van der Waals surface area (Å²) in [5, 5.41) is 14.6. The van der Waals surface area contributed by atoms with Crippen molar-refractivity contribution in [3.05, 3.63) is 29.0 Å². The molecule has 0 fully saturated rings. The van der Waals surface area contributed by atoms with Gasteiger partial charge in [0.15, 0.2) is 0 Å². The van der Waals surface area contributed by atoms with Crippen LogP contribution in [0.1, 0.15) is 10.4 Å². The van der Waals surface area contributed by atoms with Crippen LogP contribution < -0.4 is 4.90 Å². The van der Waals surface area contributed by atoms with Crippen LogP contribution in [0.15, 0.2) is 22.8 Å². The third-order valence-corrected chi connectivity index (χ3v) is 2.14. The van der Waals surface area contributed by atoms with E-state index in [2.05, 4.69) is 9.79 Å². The van der Waals surface area contributed by atoms with Crippen LogP contribution in [0, 0.1) is 5.21 Å². The Kier molecular flexibility index (Phi) is 3.20. The molecule has 0 aliphatic carbocycles. The summed E-state index contributed by atoms with van der Waals surface area (Å²) in [4.78, 5) is 11.8. The van der Waals surface area contributed by atoms with Gasteiger partial charge in [-0.15, -0.1) is 0 Å². The first-order valence-corrected chi connectivity index (χ1v) is 4.88. The van der Waals surface area contributed by atoms with Gasteiger partial charge in [0, 0.05) is 18.3 Å². The molecule has 0 spiro atoms. The van der Waals surface area contributed by atoms with E-state index >= 15 is 0 Å². The Morgan fingerprint density at radius 3 is 3.12 bits per heavy atom. The summed E-state index contributed by atoms with van der Waals surface area (Å²) < 4.78 is 14.0. The Bertz CT molecular complexity index is 536. The van der Waals surface area contributed by atoms with E-state index in [0.29, 0.717) is 12.1 Å². The number of fused-ring (bicyclic) bond motifs is 1. The second kappa shape index (κ2) is 4.79. The van der Waals surface area contributed by atoms with Crippen molar-refractivity contribution in [2.75, 3.05) is 20.3 Å². The fraction of sp³-hybridized carbons (Fsp3) is 0.300. The minimum Gasteiger partial charge on any atom is -0.460 e. The van der Waals surface area contributed by atoms with E-state index in [4.69, 9.17) is 9.47 Å². The van der Waals surface area contributed by atoms with Crippen molar-refractivity contribution in [1.29, 1.82) is 0 Å². The number of nitrogens with zero attached hydrogens (tertiary/aromatic N) is 2. The number of ether oxygens (including phenoxy) is 2. The second-order valence-corrected chi connectivity index (χ2v) is 3.26. The van der Waals surface area contributed by atoms with Crippen LogP contribution in [0.5, 0.6) is 0 Å². The van der Waals surface area contributed by atoms with Crippen LogP contribution in [-0.2, 0) is 9.47 Å². The SMILES string of the molecule is COCCOC(=O)c1ccc2no[n+]([O-])c2c1. The van der Waals surface area contributed by atoms with Crippen molar-refractivity contribution in [3.63, 3.8) is 0 Å². The third-order valence-electron chi connectivity index (χ3n) is 2.14. The first-order chi connectivity index (χ1) is 8.22. The summed E-state index contributed by atoms with van der Waals surface area (Å²) in [7, 11) is 1.51. The number of rotatable bonds is 4. The fourth-order valence-electron chi connectivity index (χ4n) is 1.30. The molecular formula is C10H10N2O5. The number of carbonyl (C=O) groups is 1. The molecule has 17 heavy (non-hydrogen) atoms. The van der Waals surface area contributed by atoms with Gasteiger partial charge in [0.25, 0.3) is 0 Å². The number of methoxy groups -OCH3 is 1. The van der Waals surface area contributed by atoms with Crippen LogP contribution in [0.2, 0.25) is 0 Å². The van der Waals surface area contributed by atoms with Gasteiger partial charge in [-0.25, -0.2) is 4.79 Å². The van der Waals surface area contributed by atoms with Gasteiger partial charge in [-0.3, -0.25) is 4.63 Å². The molecule has 2 aromatic rings. The number of carbonyl (C=O) groups excluding carboxylic acids is 1. The van der Waals surface area contributed by atoms with Crippen molar-refractivity contribution >= 4 is 17.0 Å². The van der Waals surface area contributed by atoms with Crippen LogP contribution in [0.25, 0.3) is 11.0 Å². The van der Waals surface area contributed by atoms with Crippen LogP contribution >= 0.6 is 0 Å². The maximum absolute atomic E-state index is 11.6. The predicted molar refractivity (Wildman–Crippen MR) is 55.1 cm³/mol. The number of hydrogen-bond acceptors (Lipinski definition) is 6. The predicted octanol–water partition coefficient (Wildman–Crippen LogP) is 0.264. The largest absolute Gasteiger partial charge is 0.460 e. The summed E-state index contributed by atoms with van der Waals surface area (Å²) in [6.07, 6.45) is 0. The Morgan fingerprint density at radius 2 is 2.35 bits per heavy atom. The van der Waals surface area contributed by atoms with E-state index in [1.165, 1.54) is 25.3 Å². The minimum atomic E-state index is -0.523. The maximum Gasteiger partial charge on any atom is 0.338 e. The van der Waals surface area contributed by atoms with Crippen LogP contribution in [0.3, 0.4) is 0 Å². The normalized spacial score (nSPS) is 10.6. The van der Waals surface area contributed by atoms with E-state index in [1.54, 1.807) is 0 Å². The van der Waals surface area contributed by atoms with Crippen molar-refractivity contribution in [2.45, 2.75) is 0 Å². The molecule has 0 bridgehead atoms. The molecule has 1 aromatic heterocycles. The molecule has 1 heterocycles. The lowest BCUT2D eigenvalue weighted by Gasteiger charge is -2.02. The number of aromatic nitrogens is 2. The number of benzene rings is 1. The average molecular weight is 238 g/mol. The molecular weight excluding hydrogens is 228 g/mol. The quantitative estimate of drug-likeness (QED) is 0.431. The lowest BCUT2D eigenvalue weighted by Crippen LogP contribution is -2.22. The van der Waals surface area contributed by atoms with Crippen molar-refractivity contribution in [3.8, 4) is 0 Å². The van der Waals surface area contributed by atoms with Gasteiger partial charge >= 0.3 is 5.97 Å².